The van der Waals surface area contributed by atoms with Crippen molar-refractivity contribution >= 4 is 21.9 Å². The van der Waals surface area contributed by atoms with E-state index in [1.54, 1.807) is 6.92 Å². The Bertz CT molecular complexity index is 409. The Balaban J connectivity index is 2.85. The van der Waals surface area contributed by atoms with Gasteiger partial charge in [-0.3, -0.25) is 4.79 Å². The summed E-state index contributed by atoms with van der Waals surface area (Å²) in [5.41, 5.74) is 6.83. The van der Waals surface area contributed by atoms with Crippen LogP contribution >= 0.6 is 15.9 Å². The maximum atomic E-state index is 11.4. The van der Waals surface area contributed by atoms with Gasteiger partial charge in [-0.15, -0.1) is 0 Å². The standard InChI is InChI=1S/C13H18BrNO3/c1-3-17-12-6-5-9(14)7-10(12)11(15)8-13(16)18-4-2/h5-7,11H,3-4,8,15H2,1-2H3/t11-/m1/s1. The number of hydrogen-bond donors (Lipinski definition) is 1. The van der Waals surface area contributed by atoms with Crippen molar-refractivity contribution in [1.82, 2.24) is 0 Å². The molecule has 100 valence electrons. The molecule has 0 fully saturated rings. The zero-order valence-electron chi connectivity index (χ0n) is 10.6. The third-order valence-electron chi connectivity index (χ3n) is 2.36. The Morgan fingerprint density at radius 3 is 2.72 bits per heavy atom. The minimum atomic E-state index is -0.428. The monoisotopic (exact) mass is 315 g/mol. The number of hydrogen-bond acceptors (Lipinski definition) is 4. The lowest BCUT2D eigenvalue weighted by molar-refractivity contribution is -0.143. The Morgan fingerprint density at radius 2 is 2.11 bits per heavy atom. The molecule has 1 atom stereocenters. The van der Waals surface area contributed by atoms with Gasteiger partial charge in [0.2, 0.25) is 0 Å². The van der Waals surface area contributed by atoms with Crippen molar-refractivity contribution in [1.29, 1.82) is 0 Å². The maximum absolute atomic E-state index is 11.4. The van der Waals surface area contributed by atoms with Crippen molar-refractivity contribution in [3.05, 3.63) is 28.2 Å². The minimum Gasteiger partial charge on any atom is -0.494 e. The number of benzene rings is 1. The predicted molar refractivity (Wildman–Crippen MR) is 73.5 cm³/mol. The largest absolute Gasteiger partial charge is 0.494 e. The van der Waals surface area contributed by atoms with Gasteiger partial charge in [-0.1, -0.05) is 15.9 Å². The maximum Gasteiger partial charge on any atom is 0.307 e. The van der Waals surface area contributed by atoms with Gasteiger partial charge < -0.3 is 15.2 Å². The average molecular weight is 316 g/mol. The molecule has 0 aliphatic carbocycles. The molecule has 0 bridgehead atoms. The first-order chi connectivity index (χ1) is 8.58. The molecule has 0 aromatic heterocycles. The third kappa shape index (κ3) is 4.31. The van der Waals surface area contributed by atoms with E-state index < -0.39 is 6.04 Å². The van der Waals surface area contributed by atoms with Gasteiger partial charge in [0.05, 0.1) is 19.6 Å². The van der Waals surface area contributed by atoms with Crippen molar-refractivity contribution in [2.75, 3.05) is 13.2 Å². The van der Waals surface area contributed by atoms with E-state index >= 15 is 0 Å². The summed E-state index contributed by atoms with van der Waals surface area (Å²) in [6.07, 6.45) is 0.143. The first-order valence-electron chi connectivity index (χ1n) is 5.91. The van der Waals surface area contributed by atoms with Crippen molar-refractivity contribution in [2.24, 2.45) is 5.73 Å². The highest BCUT2D eigenvalue weighted by atomic mass is 79.9. The molecule has 0 aliphatic rings. The number of carbonyl (C=O) groups is 1. The third-order valence-corrected chi connectivity index (χ3v) is 2.86. The smallest absolute Gasteiger partial charge is 0.307 e. The molecule has 0 saturated heterocycles. The van der Waals surface area contributed by atoms with Crippen molar-refractivity contribution in [2.45, 2.75) is 26.3 Å². The van der Waals surface area contributed by atoms with Crippen LogP contribution in [0.2, 0.25) is 0 Å². The first kappa shape index (κ1) is 15.0. The van der Waals surface area contributed by atoms with Crippen LogP contribution in [0.15, 0.2) is 22.7 Å². The van der Waals surface area contributed by atoms with Gasteiger partial charge in [0.1, 0.15) is 5.75 Å². The SMILES string of the molecule is CCOC(=O)C[C@@H](N)c1cc(Br)ccc1OCC. The van der Waals surface area contributed by atoms with E-state index in [-0.39, 0.29) is 12.4 Å². The van der Waals surface area contributed by atoms with Crippen LogP contribution in [-0.2, 0) is 9.53 Å². The van der Waals surface area contributed by atoms with Crippen LogP contribution in [0.25, 0.3) is 0 Å². The lowest BCUT2D eigenvalue weighted by Gasteiger charge is -2.16. The molecule has 0 unspecified atom stereocenters. The summed E-state index contributed by atoms with van der Waals surface area (Å²) in [6.45, 7) is 4.60. The summed E-state index contributed by atoms with van der Waals surface area (Å²) >= 11 is 3.39. The van der Waals surface area contributed by atoms with Crippen molar-refractivity contribution in [3.8, 4) is 5.75 Å². The Kier molecular flexibility index (Phi) is 6.15. The number of halogens is 1. The zero-order chi connectivity index (χ0) is 13.5. The molecule has 18 heavy (non-hydrogen) atoms. The van der Waals surface area contributed by atoms with E-state index in [1.807, 2.05) is 25.1 Å². The van der Waals surface area contributed by atoms with Gasteiger partial charge in [0.15, 0.2) is 0 Å². The molecule has 0 amide bonds. The van der Waals surface area contributed by atoms with Gasteiger partial charge in [0, 0.05) is 16.1 Å². The highest BCUT2D eigenvalue weighted by Crippen LogP contribution is 2.29. The number of esters is 1. The lowest BCUT2D eigenvalue weighted by Crippen LogP contribution is -2.18. The summed E-state index contributed by atoms with van der Waals surface area (Å²) in [5.74, 6) is 0.407. The van der Waals surface area contributed by atoms with Crippen molar-refractivity contribution < 1.29 is 14.3 Å². The number of nitrogens with two attached hydrogens (primary N) is 1. The summed E-state index contributed by atoms with van der Waals surface area (Å²) in [6, 6.07) is 5.16. The van der Waals surface area contributed by atoms with Crippen LogP contribution < -0.4 is 10.5 Å². The molecule has 1 aromatic carbocycles. The second kappa shape index (κ2) is 7.38. The van der Waals surface area contributed by atoms with E-state index in [1.165, 1.54) is 0 Å². The lowest BCUT2D eigenvalue weighted by atomic mass is 10.0. The van der Waals surface area contributed by atoms with Gasteiger partial charge in [-0.05, 0) is 32.0 Å². The molecule has 5 heteroatoms. The Labute approximate surface area is 116 Å². The van der Waals surface area contributed by atoms with Crippen LogP contribution in [0.1, 0.15) is 31.9 Å². The molecule has 0 aliphatic heterocycles. The molecule has 0 heterocycles. The molecule has 0 spiro atoms. The topological polar surface area (TPSA) is 61.5 Å². The summed E-state index contributed by atoms with van der Waals surface area (Å²) in [4.78, 5) is 11.4. The second-order valence-corrected chi connectivity index (χ2v) is 4.65. The van der Waals surface area contributed by atoms with Crippen LogP contribution in [0.5, 0.6) is 5.75 Å². The van der Waals surface area contributed by atoms with E-state index in [4.69, 9.17) is 15.2 Å². The van der Waals surface area contributed by atoms with E-state index in [0.717, 1.165) is 10.0 Å². The fraction of sp³-hybridized carbons (Fsp3) is 0.462. The van der Waals surface area contributed by atoms with Gasteiger partial charge in [-0.25, -0.2) is 0 Å². The molecule has 0 saturated carbocycles. The number of carbonyl (C=O) groups excluding carboxylic acids is 1. The number of ether oxygens (including phenoxy) is 2. The van der Waals surface area contributed by atoms with Gasteiger partial charge in [-0.2, -0.15) is 0 Å². The Morgan fingerprint density at radius 1 is 1.39 bits per heavy atom. The van der Waals surface area contributed by atoms with Crippen molar-refractivity contribution in [3.63, 3.8) is 0 Å². The highest BCUT2D eigenvalue weighted by molar-refractivity contribution is 9.10. The summed E-state index contributed by atoms with van der Waals surface area (Å²) < 4.78 is 11.3. The molecule has 1 aromatic rings. The molecular weight excluding hydrogens is 298 g/mol. The molecule has 4 nitrogen and oxygen atoms in total. The summed E-state index contributed by atoms with van der Waals surface area (Å²) in [7, 11) is 0. The van der Waals surface area contributed by atoms with E-state index in [2.05, 4.69) is 15.9 Å². The van der Waals surface area contributed by atoms with E-state index in [0.29, 0.717) is 19.0 Å². The van der Waals surface area contributed by atoms with Crippen LogP contribution in [0, 0.1) is 0 Å². The van der Waals surface area contributed by atoms with Gasteiger partial charge in [0.25, 0.3) is 0 Å². The van der Waals surface area contributed by atoms with E-state index in [9.17, 15) is 4.79 Å². The Hall–Kier alpha value is -1.07. The van der Waals surface area contributed by atoms with Crippen LogP contribution in [0.3, 0.4) is 0 Å². The van der Waals surface area contributed by atoms with Crippen LogP contribution in [0.4, 0.5) is 0 Å². The zero-order valence-corrected chi connectivity index (χ0v) is 12.2. The fourth-order valence-corrected chi connectivity index (χ4v) is 1.98. The quantitative estimate of drug-likeness (QED) is 0.820. The number of rotatable bonds is 6. The second-order valence-electron chi connectivity index (χ2n) is 3.73. The average Bonchev–Trinajstić information content (AvgIpc) is 2.32. The molecule has 2 N–H and O–H groups in total. The fourth-order valence-electron chi connectivity index (χ4n) is 1.61. The molecule has 1 rings (SSSR count). The minimum absolute atomic E-state index is 0.143. The highest BCUT2D eigenvalue weighted by Gasteiger charge is 2.17. The molecular formula is C13H18BrNO3. The molecule has 0 radical (unpaired) electrons. The summed E-state index contributed by atoms with van der Waals surface area (Å²) in [5, 5.41) is 0. The first-order valence-corrected chi connectivity index (χ1v) is 6.71. The normalized spacial score (nSPS) is 12.0. The van der Waals surface area contributed by atoms with Crippen LogP contribution in [-0.4, -0.2) is 19.2 Å². The predicted octanol–water partition coefficient (Wildman–Crippen LogP) is 2.80. The van der Waals surface area contributed by atoms with Gasteiger partial charge >= 0.3 is 5.97 Å².